The zero-order valence-corrected chi connectivity index (χ0v) is 10.3. The number of H-pyrrole nitrogens is 1. The van der Waals surface area contributed by atoms with Gasteiger partial charge in [-0.2, -0.15) is 0 Å². The molecule has 1 aliphatic heterocycles. The van der Waals surface area contributed by atoms with E-state index in [4.69, 9.17) is 4.74 Å². The van der Waals surface area contributed by atoms with Gasteiger partial charge in [-0.25, -0.2) is 0 Å². The maximum absolute atomic E-state index is 12.0. The molecule has 0 spiro atoms. The van der Waals surface area contributed by atoms with Crippen LogP contribution in [0.5, 0.6) is 0 Å². The number of amides is 2. The van der Waals surface area contributed by atoms with Gasteiger partial charge >= 0.3 is 0 Å². The summed E-state index contributed by atoms with van der Waals surface area (Å²) in [5, 5.41) is 2.75. The number of nitrogens with one attached hydrogen (secondary N) is 2. The van der Waals surface area contributed by atoms with E-state index in [9.17, 15) is 9.59 Å². The molecule has 1 aromatic rings. The number of likely N-dealkylation sites (tertiary alicyclic amines) is 1. The van der Waals surface area contributed by atoms with Gasteiger partial charge in [-0.1, -0.05) is 0 Å². The topological polar surface area (TPSA) is 74.4 Å². The molecule has 2 heterocycles. The van der Waals surface area contributed by atoms with Crippen LogP contribution in [0.4, 0.5) is 0 Å². The fraction of sp³-hybridized carbons (Fsp3) is 0.500. The standard InChI is InChI=1S/C12H17N3O3/c1-18-7-6-15-5-3-10(12(15)17)14-11(16)9-2-4-13-8-9/h2,4,8,10,13H,3,5-7H2,1H3,(H,14,16)/t10-/m0/s1. The van der Waals surface area contributed by atoms with E-state index in [1.807, 2.05) is 0 Å². The highest BCUT2D eigenvalue weighted by atomic mass is 16.5. The number of nitrogens with zero attached hydrogens (tertiary/aromatic N) is 1. The van der Waals surface area contributed by atoms with Crippen LogP contribution in [0.15, 0.2) is 18.5 Å². The lowest BCUT2D eigenvalue weighted by Gasteiger charge is -2.16. The van der Waals surface area contributed by atoms with E-state index in [2.05, 4.69) is 10.3 Å². The molecule has 0 aliphatic carbocycles. The molecule has 0 bridgehead atoms. The number of ether oxygens (including phenoxy) is 1. The van der Waals surface area contributed by atoms with Crippen LogP contribution >= 0.6 is 0 Å². The highest BCUT2D eigenvalue weighted by Crippen LogP contribution is 2.11. The first-order valence-electron chi connectivity index (χ1n) is 5.93. The Hall–Kier alpha value is -1.82. The van der Waals surface area contributed by atoms with E-state index >= 15 is 0 Å². The van der Waals surface area contributed by atoms with Crippen molar-refractivity contribution in [3.05, 3.63) is 24.0 Å². The molecule has 98 valence electrons. The van der Waals surface area contributed by atoms with E-state index in [0.717, 1.165) is 0 Å². The number of carbonyl (C=O) groups is 2. The minimum atomic E-state index is -0.413. The highest BCUT2D eigenvalue weighted by Gasteiger charge is 2.32. The number of hydrogen-bond acceptors (Lipinski definition) is 3. The molecule has 0 aromatic carbocycles. The van der Waals surface area contributed by atoms with Crippen LogP contribution in [0.3, 0.4) is 0 Å². The normalized spacial score (nSPS) is 19.3. The largest absolute Gasteiger partial charge is 0.383 e. The second kappa shape index (κ2) is 5.68. The van der Waals surface area contributed by atoms with Gasteiger partial charge in [-0.15, -0.1) is 0 Å². The van der Waals surface area contributed by atoms with Gasteiger partial charge < -0.3 is 19.9 Å². The van der Waals surface area contributed by atoms with Crippen LogP contribution < -0.4 is 5.32 Å². The predicted octanol–water partition coefficient (Wildman–Crippen LogP) is -0.00820. The van der Waals surface area contributed by atoms with Crippen LogP contribution in [-0.4, -0.2) is 54.5 Å². The van der Waals surface area contributed by atoms with E-state index in [1.54, 1.807) is 30.5 Å². The monoisotopic (exact) mass is 251 g/mol. The Morgan fingerprint density at radius 1 is 1.67 bits per heavy atom. The third-order valence-electron chi connectivity index (χ3n) is 3.03. The van der Waals surface area contributed by atoms with Gasteiger partial charge in [0, 0.05) is 32.6 Å². The van der Waals surface area contributed by atoms with Crippen molar-refractivity contribution in [3.63, 3.8) is 0 Å². The van der Waals surface area contributed by atoms with Gasteiger partial charge in [0.25, 0.3) is 5.91 Å². The fourth-order valence-electron chi connectivity index (χ4n) is 2.00. The van der Waals surface area contributed by atoms with E-state index in [0.29, 0.717) is 31.7 Å². The van der Waals surface area contributed by atoms with Crippen molar-refractivity contribution >= 4 is 11.8 Å². The molecule has 2 rings (SSSR count). The van der Waals surface area contributed by atoms with Gasteiger partial charge in [0.15, 0.2) is 0 Å². The van der Waals surface area contributed by atoms with Gasteiger partial charge in [-0.05, 0) is 12.5 Å². The van der Waals surface area contributed by atoms with Crippen molar-refractivity contribution < 1.29 is 14.3 Å². The van der Waals surface area contributed by atoms with E-state index < -0.39 is 6.04 Å². The Morgan fingerprint density at radius 2 is 2.50 bits per heavy atom. The summed E-state index contributed by atoms with van der Waals surface area (Å²) in [6.07, 6.45) is 3.94. The molecule has 2 amide bonds. The highest BCUT2D eigenvalue weighted by molar-refractivity contribution is 5.97. The lowest BCUT2D eigenvalue weighted by Crippen LogP contribution is -2.42. The number of methoxy groups -OCH3 is 1. The summed E-state index contributed by atoms with van der Waals surface area (Å²) in [6.45, 7) is 1.76. The molecule has 1 saturated heterocycles. The molecule has 1 atom stereocenters. The summed E-state index contributed by atoms with van der Waals surface area (Å²) in [4.78, 5) is 28.3. The molecule has 1 aliphatic rings. The number of rotatable bonds is 5. The minimum absolute atomic E-state index is 0.0315. The van der Waals surface area contributed by atoms with Crippen molar-refractivity contribution in [1.29, 1.82) is 0 Å². The second-order valence-corrected chi connectivity index (χ2v) is 4.23. The second-order valence-electron chi connectivity index (χ2n) is 4.23. The Bertz CT molecular complexity index is 416. The predicted molar refractivity (Wildman–Crippen MR) is 65.1 cm³/mol. The molecular formula is C12H17N3O3. The quantitative estimate of drug-likeness (QED) is 0.773. The fourth-order valence-corrected chi connectivity index (χ4v) is 2.00. The summed E-state index contributed by atoms with van der Waals surface area (Å²) in [6, 6.07) is 1.27. The minimum Gasteiger partial charge on any atom is -0.383 e. The Labute approximate surface area is 105 Å². The van der Waals surface area contributed by atoms with Gasteiger partial charge in [-0.3, -0.25) is 9.59 Å². The van der Waals surface area contributed by atoms with Crippen LogP contribution in [-0.2, 0) is 9.53 Å². The summed E-state index contributed by atoms with van der Waals surface area (Å²) in [5.41, 5.74) is 0.540. The zero-order chi connectivity index (χ0) is 13.0. The van der Waals surface area contributed by atoms with Crippen molar-refractivity contribution in [1.82, 2.24) is 15.2 Å². The molecule has 1 fully saturated rings. The number of carbonyl (C=O) groups excluding carboxylic acids is 2. The number of aromatic nitrogens is 1. The third kappa shape index (κ3) is 2.70. The van der Waals surface area contributed by atoms with Gasteiger partial charge in [0.1, 0.15) is 6.04 Å². The molecular weight excluding hydrogens is 234 g/mol. The molecule has 18 heavy (non-hydrogen) atoms. The first-order chi connectivity index (χ1) is 8.72. The Balaban J connectivity index is 1.88. The first kappa shape index (κ1) is 12.6. The van der Waals surface area contributed by atoms with Crippen LogP contribution in [0, 0.1) is 0 Å². The van der Waals surface area contributed by atoms with Gasteiger partial charge in [0.05, 0.1) is 12.2 Å². The van der Waals surface area contributed by atoms with Gasteiger partial charge in [0.2, 0.25) is 5.91 Å². The summed E-state index contributed by atoms with van der Waals surface area (Å²) < 4.78 is 4.94. The van der Waals surface area contributed by atoms with E-state index in [1.165, 1.54) is 0 Å². The summed E-state index contributed by atoms with van der Waals surface area (Å²) in [7, 11) is 1.60. The molecule has 1 aromatic heterocycles. The lowest BCUT2D eigenvalue weighted by molar-refractivity contribution is -0.129. The molecule has 0 unspecified atom stereocenters. The maximum Gasteiger partial charge on any atom is 0.253 e. The Morgan fingerprint density at radius 3 is 3.17 bits per heavy atom. The van der Waals surface area contributed by atoms with Crippen molar-refractivity contribution in [2.45, 2.75) is 12.5 Å². The van der Waals surface area contributed by atoms with Crippen molar-refractivity contribution in [2.24, 2.45) is 0 Å². The summed E-state index contributed by atoms with van der Waals surface area (Å²) in [5.74, 6) is -0.251. The van der Waals surface area contributed by atoms with Crippen LogP contribution in [0.25, 0.3) is 0 Å². The maximum atomic E-state index is 12.0. The molecule has 0 radical (unpaired) electrons. The average molecular weight is 251 g/mol. The first-order valence-corrected chi connectivity index (χ1v) is 5.93. The smallest absolute Gasteiger partial charge is 0.253 e. The molecule has 6 heteroatoms. The SMILES string of the molecule is COCCN1CC[C@H](NC(=O)c2cc[nH]c2)C1=O. The van der Waals surface area contributed by atoms with Crippen LogP contribution in [0.2, 0.25) is 0 Å². The molecule has 2 N–H and O–H groups in total. The lowest BCUT2D eigenvalue weighted by atomic mass is 10.2. The van der Waals surface area contributed by atoms with E-state index in [-0.39, 0.29) is 11.8 Å². The summed E-state index contributed by atoms with van der Waals surface area (Å²) >= 11 is 0. The third-order valence-corrected chi connectivity index (χ3v) is 3.03. The number of aromatic amines is 1. The number of hydrogen-bond donors (Lipinski definition) is 2. The van der Waals surface area contributed by atoms with Crippen molar-refractivity contribution in [3.8, 4) is 0 Å². The Kier molecular flexibility index (Phi) is 3.99. The average Bonchev–Trinajstić information content (AvgIpc) is 2.99. The van der Waals surface area contributed by atoms with Crippen LogP contribution in [0.1, 0.15) is 16.8 Å². The molecule has 6 nitrogen and oxygen atoms in total. The zero-order valence-electron chi connectivity index (χ0n) is 10.3. The van der Waals surface area contributed by atoms with Crippen molar-refractivity contribution in [2.75, 3.05) is 26.8 Å². The molecule has 0 saturated carbocycles.